The zero-order valence-electron chi connectivity index (χ0n) is 11.4. The monoisotopic (exact) mass is 258 g/mol. The molecule has 0 bridgehead atoms. The van der Waals surface area contributed by atoms with E-state index in [0.29, 0.717) is 25.7 Å². The second kappa shape index (κ2) is 6.47. The SMILES string of the molecule is CCCC(C)(N=NC(C)(CCC)C(=O)O)C(=O)O. The van der Waals surface area contributed by atoms with Gasteiger partial charge in [0.15, 0.2) is 11.1 Å². The molecular formula is C12H22N2O4. The van der Waals surface area contributed by atoms with Gasteiger partial charge in [-0.3, -0.25) is 0 Å². The van der Waals surface area contributed by atoms with Gasteiger partial charge < -0.3 is 10.2 Å². The number of aliphatic carboxylic acids is 2. The lowest BCUT2D eigenvalue weighted by Crippen LogP contribution is -2.36. The standard InChI is InChI=1S/C12H22N2O4/c1-5-7-11(3,9(15)16)13-14-12(4,8-6-2)10(17)18/h5-8H2,1-4H3,(H,15,16)(H,17,18). The van der Waals surface area contributed by atoms with Gasteiger partial charge in [0.1, 0.15) is 0 Å². The second-order valence-corrected chi connectivity index (χ2v) is 4.86. The van der Waals surface area contributed by atoms with E-state index < -0.39 is 23.0 Å². The molecule has 0 aromatic heterocycles. The van der Waals surface area contributed by atoms with Crippen molar-refractivity contribution in [1.82, 2.24) is 0 Å². The summed E-state index contributed by atoms with van der Waals surface area (Å²) in [5.74, 6) is -2.17. The second-order valence-electron chi connectivity index (χ2n) is 4.86. The van der Waals surface area contributed by atoms with E-state index in [1.807, 2.05) is 13.8 Å². The Morgan fingerprint density at radius 2 is 1.17 bits per heavy atom. The van der Waals surface area contributed by atoms with E-state index in [-0.39, 0.29) is 0 Å². The van der Waals surface area contributed by atoms with Crippen LogP contribution in [0.4, 0.5) is 0 Å². The molecule has 18 heavy (non-hydrogen) atoms. The minimum Gasteiger partial charge on any atom is -0.479 e. The first-order valence-electron chi connectivity index (χ1n) is 6.12. The molecule has 0 saturated heterocycles. The van der Waals surface area contributed by atoms with Crippen LogP contribution in [0, 0.1) is 0 Å². The van der Waals surface area contributed by atoms with Crippen LogP contribution >= 0.6 is 0 Å². The van der Waals surface area contributed by atoms with Gasteiger partial charge in [-0.15, -0.1) is 0 Å². The van der Waals surface area contributed by atoms with Crippen LogP contribution in [0.15, 0.2) is 10.2 Å². The summed E-state index contributed by atoms with van der Waals surface area (Å²) in [7, 11) is 0. The molecule has 0 aliphatic carbocycles. The minimum atomic E-state index is -1.35. The molecule has 0 amide bonds. The average Bonchev–Trinajstić information content (AvgIpc) is 2.27. The van der Waals surface area contributed by atoms with E-state index >= 15 is 0 Å². The lowest BCUT2D eigenvalue weighted by molar-refractivity contribution is -0.145. The highest BCUT2D eigenvalue weighted by atomic mass is 16.4. The lowest BCUT2D eigenvalue weighted by atomic mass is 9.96. The summed E-state index contributed by atoms with van der Waals surface area (Å²) in [4.78, 5) is 22.3. The topological polar surface area (TPSA) is 99.3 Å². The maximum absolute atomic E-state index is 11.2. The van der Waals surface area contributed by atoms with E-state index in [4.69, 9.17) is 10.2 Å². The first-order valence-corrected chi connectivity index (χ1v) is 6.12. The largest absolute Gasteiger partial charge is 0.479 e. The summed E-state index contributed by atoms with van der Waals surface area (Å²) >= 11 is 0. The van der Waals surface area contributed by atoms with Gasteiger partial charge in [0.2, 0.25) is 0 Å². The van der Waals surface area contributed by atoms with Gasteiger partial charge in [-0.1, -0.05) is 26.7 Å². The quantitative estimate of drug-likeness (QED) is 0.654. The van der Waals surface area contributed by atoms with Crippen LogP contribution in [0.2, 0.25) is 0 Å². The van der Waals surface area contributed by atoms with Crippen LogP contribution in [0.3, 0.4) is 0 Å². The number of rotatable bonds is 8. The molecule has 0 saturated carbocycles. The molecule has 0 aliphatic rings. The fourth-order valence-corrected chi connectivity index (χ4v) is 1.59. The first kappa shape index (κ1) is 16.5. The van der Waals surface area contributed by atoms with Crippen LogP contribution in [0.25, 0.3) is 0 Å². The van der Waals surface area contributed by atoms with E-state index in [9.17, 15) is 9.59 Å². The lowest BCUT2D eigenvalue weighted by Gasteiger charge is -2.22. The average molecular weight is 258 g/mol. The number of azo groups is 1. The zero-order valence-corrected chi connectivity index (χ0v) is 11.4. The summed E-state index contributed by atoms with van der Waals surface area (Å²) in [5, 5.41) is 25.9. The minimum absolute atomic E-state index is 0.327. The molecule has 6 heteroatoms. The van der Waals surface area contributed by atoms with Gasteiger partial charge >= 0.3 is 11.9 Å². The third kappa shape index (κ3) is 4.09. The van der Waals surface area contributed by atoms with Crippen molar-refractivity contribution in [1.29, 1.82) is 0 Å². The van der Waals surface area contributed by atoms with E-state index in [1.165, 1.54) is 13.8 Å². The Morgan fingerprint density at radius 3 is 1.33 bits per heavy atom. The van der Waals surface area contributed by atoms with Crippen LogP contribution in [0.1, 0.15) is 53.4 Å². The van der Waals surface area contributed by atoms with Gasteiger partial charge in [-0.2, -0.15) is 10.2 Å². The summed E-state index contributed by atoms with van der Waals surface area (Å²) in [5.41, 5.74) is -2.70. The number of nitrogens with zero attached hydrogens (tertiary/aromatic N) is 2. The normalized spacial score (nSPS) is 18.2. The van der Waals surface area contributed by atoms with Gasteiger partial charge in [-0.05, 0) is 26.7 Å². The molecular weight excluding hydrogens is 236 g/mol. The highest BCUT2D eigenvalue weighted by Crippen LogP contribution is 2.24. The third-order valence-electron chi connectivity index (χ3n) is 2.89. The van der Waals surface area contributed by atoms with E-state index in [0.717, 1.165) is 0 Å². The Labute approximate surface area is 107 Å². The molecule has 0 aromatic carbocycles. The van der Waals surface area contributed by atoms with Crippen molar-refractivity contribution in [2.24, 2.45) is 10.2 Å². The molecule has 2 N–H and O–H groups in total. The number of carbonyl (C=O) groups is 2. The molecule has 0 aromatic rings. The van der Waals surface area contributed by atoms with Crippen LogP contribution in [-0.4, -0.2) is 33.2 Å². The smallest absolute Gasteiger partial charge is 0.333 e. The fraction of sp³-hybridized carbons (Fsp3) is 0.833. The molecule has 0 aliphatic heterocycles. The summed E-state index contributed by atoms with van der Waals surface area (Å²) in [6.45, 7) is 6.60. The molecule has 104 valence electrons. The molecule has 6 nitrogen and oxygen atoms in total. The van der Waals surface area contributed by atoms with Crippen molar-refractivity contribution < 1.29 is 19.8 Å². The van der Waals surface area contributed by atoms with Crippen molar-refractivity contribution >= 4 is 11.9 Å². The number of carboxylic acid groups (broad SMARTS) is 2. The molecule has 0 rings (SSSR count). The van der Waals surface area contributed by atoms with Crippen molar-refractivity contribution in [2.75, 3.05) is 0 Å². The Bertz CT molecular complexity index is 311. The molecule has 0 heterocycles. The van der Waals surface area contributed by atoms with Gasteiger partial charge in [0.25, 0.3) is 0 Å². The molecule has 0 spiro atoms. The fourth-order valence-electron chi connectivity index (χ4n) is 1.59. The molecule has 2 atom stereocenters. The molecule has 2 unspecified atom stereocenters. The summed E-state index contributed by atoms with van der Waals surface area (Å²) in [6.07, 6.45) is 1.93. The maximum Gasteiger partial charge on any atom is 0.333 e. The van der Waals surface area contributed by atoms with Crippen LogP contribution in [0.5, 0.6) is 0 Å². The predicted molar refractivity (Wildman–Crippen MR) is 66.8 cm³/mol. The van der Waals surface area contributed by atoms with Crippen molar-refractivity contribution in [3.05, 3.63) is 0 Å². The Balaban J connectivity index is 5.16. The Morgan fingerprint density at radius 1 is 0.889 bits per heavy atom. The summed E-state index contributed by atoms with van der Waals surface area (Å²) < 4.78 is 0. The first-order chi connectivity index (χ1) is 8.22. The van der Waals surface area contributed by atoms with Gasteiger partial charge in [0, 0.05) is 0 Å². The number of hydrogen-bond acceptors (Lipinski definition) is 4. The van der Waals surface area contributed by atoms with Gasteiger partial charge in [-0.25, -0.2) is 9.59 Å². The number of hydrogen-bond donors (Lipinski definition) is 2. The maximum atomic E-state index is 11.2. The van der Waals surface area contributed by atoms with Crippen LogP contribution in [-0.2, 0) is 9.59 Å². The van der Waals surface area contributed by atoms with E-state index in [2.05, 4.69) is 10.2 Å². The van der Waals surface area contributed by atoms with Crippen molar-refractivity contribution in [3.8, 4) is 0 Å². The summed E-state index contributed by atoms with van der Waals surface area (Å²) in [6, 6.07) is 0. The number of carboxylic acids is 2. The Kier molecular flexibility index (Phi) is 5.94. The zero-order chi connectivity index (χ0) is 14.4. The molecule has 0 radical (unpaired) electrons. The van der Waals surface area contributed by atoms with Crippen molar-refractivity contribution in [2.45, 2.75) is 64.5 Å². The highest BCUT2D eigenvalue weighted by molar-refractivity contribution is 5.79. The molecule has 0 fully saturated rings. The van der Waals surface area contributed by atoms with Gasteiger partial charge in [0.05, 0.1) is 0 Å². The Hall–Kier alpha value is -1.46. The highest BCUT2D eigenvalue weighted by Gasteiger charge is 2.37. The predicted octanol–water partition coefficient (Wildman–Crippen LogP) is 2.73. The van der Waals surface area contributed by atoms with Crippen LogP contribution < -0.4 is 0 Å². The third-order valence-corrected chi connectivity index (χ3v) is 2.89. The van der Waals surface area contributed by atoms with E-state index in [1.54, 1.807) is 0 Å². The van der Waals surface area contributed by atoms with Crippen molar-refractivity contribution in [3.63, 3.8) is 0 Å².